The van der Waals surface area contributed by atoms with Gasteiger partial charge in [-0.15, -0.1) is 0 Å². The van der Waals surface area contributed by atoms with Crippen molar-refractivity contribution >= 4 is 0 Å². The molecule has 0 radical (unpaired) electrons. The maximum absolute atomic E-state index is 5.64. The van der Waals surface area contributed by atoms with Gasteiger partial charge in [0.15, 0.2) is 0 Å². The van der Waals surface area contributed by atoms with E-state index in [4.69, 9.17) is 10.5 Å². The van der Waals surface area contributed by atoms with Gasteiger partial charge in [0.1, 0.15) is 0 Å². The SMILES string of the molecule is COC(CCN)c1c(C)c(C)cc(C)c1C. The van der Waals surface area contributed by atoms with Crippen LogP contribution in [0, 0.1) is 27.7 Å². The zero-order chi connectivity index (χ0) is 12.3. The quantitative estimate of drug-likeness (QED) is 0.848. The standard InChI is InChI=1S/C14H23NO/c1-9-8-10(2)12(4)14(11(9)3)13(16-5)6-7-15/h8,13H,6-7,15H2,1-5H3. The number of aryl methyl sites for hydroxylation is 2. The Hall–Kier alpha value is -0.860. The van der Waals surface area contributed by atoms with Crippen LogP contribution in [0.1, 0.15) is 40.3 Å². The van der Waals surface area contributed by atoms with E-state index < -0.39 is 0 Å². The van der Waals surface area contributed by atoms with E-state index in [1.807, 2.05) is 0 Å². The molecule has 0 bridgehead atoms. The average molecular weight is 221 g/mol. The second kappa shape index (κ2) is 5.46. The molecule has 0 aromatic heterocycles. The molecule has 2 heteroatoms. The first-order valence-corrected chi connectivity index (χ1v) is 5.83. The molecular weight excluding hydrogens is 198 g/mol. The Morgan fingerprint density at radius 1 is 1.12 bits per heavy atom. The minimum Gasteiger partial charge on any atom is -0.377 e. The van der Waals surface area contributed by atoms with Crippen molar-refractivity contribution < 1.29 is 4.74 Å². The zero-order valence-electron chi connectivity index (χ0n) is 11.1. The Bertz CT molecular complexity index is 345. The molecule has 0 fully saturated rings. The van der Waals surface area contributed by atoms with E-state index in [1.54, 1.807) is 7.11 Å². The van der Waals surface area contributed by atoms with Crippen LogP contribution in [0.15, 0.2) is 6.07 Å². The van der Waals surface area contributed by atoms with Crippen LogP contribution < -0.4 is 5.73 Å². The number of hydrogen-bond acceptors (Lipinski definition) is 2. The highest BCUT2D eigenvalue weighted by molar-refractivity contribution is 5.45. The van der Waals surface area contributed by atoms with Gasteiger partial charge in [-0.3, -0.25) is 0 Å². The summed E-state index contributed by atoms with van der Waals surface area (Å²) in [7, 11) is 1.76. The third-order valence-electron chi connectivity index (χ3n) is 3.46. The van der Waals surface area contributed by atoms with E-state index >= 15 is 0 Å². The van der Waals surface area contributed by atoms with E-state index in [2.05, 4.69) is 33.8 Å². The van der Waals surface area contributed by atoms with Gasteiger partial charge in [-0.05, 0) is 68.5 Å². The molecular formula is C14H23NO. The topological polar surface area (TPSA) is 35.2 Å². The number of ether oxygens (including phenoxy) is 1. The van der Waals surface area contributed by atoms with Crippen molar-refractivity contribution in [1.29, 1.82) is 0 Å². The van der Waals surface area contributed by atoms with Crippen LogP contribution in [0.2, 0.25) is 0 Å². The highest BCUT2D eigenvalue weighted by Gasteiger charge is 2.17. The lowest BCUT2D eigenvalue weighted by molar-refractivity contribution is 0.0966. The summed E-state index contributed by atoms with van der Waals surface area (Å²) in [4.78, 5) is 0. The van der Waals surface area contributed by atoms with E-state index in [9.17, 15) is 0 Å². The minimum absolute atomic E-state index is 0.128. The maximum Gasteiger partial charge on any atom is 0.0838 e. The van der Waals surface area contributed by atoms with E-state index in [0.29, 0.717) is 6.54 Å². The average Bonchev–Trinajstić information content (AvgIpc) is 2.25. The summed E-state index contributed by atoms with van der Waals surface area (Å²) in [5, 5.41) is 0. The highest BCUT2D eigenvalue weighted by Crippen LogP contribution is 2.30. The molecule has 0 spiro atoms. The van der Waals surface area contributed by atoms with Gasteiger partial charge in [-0.25, -0.2) is 0 Å². The molecule has 16 heavy (non-hydrogen) atoms. The van der Waals surface area contributed by atoms with E-state index in [0.717, 1.165) is 6.42 Å². The van der Waals surface area contributed by atoms with Crippen molar-refractivity contribution in [3.63, 3.8) is 0 Å². The highest BCUT2D eigenvalue weighted by atomic mass is 16.5. The Labute approximate surface area is 98.8 Å². The summed E-state index contributed by atoms with van der Waals surface area (Å²) >= 11 is 0. The fourth-order valence-electron chi connectivity index (χ4n) is 2.26. The summed E-state index contributed by atoms with van der Waals surface area (Å²) in [6.45, 7) is 9.30. The summed E-state index contributed by atoms with van der Waals surface area (Å²) in [5.74, 6) is 0. The number of benzene rings is 1. The van der Waals surface area contributed by atoms with Gasteiger partial charge in [0.25, 0.3) is 0 Å². The van der Waals surface area contributed by atoms with Crippen molar-refractivity contribution in [3.8, 4) is 0 Å². The molecule has 1 rings (SSSR count). The predicted octanol–water partition coefficient (Wildman–Crippen LogP) is 2.96. The monoisotopic (exact) mass is 221 g/mol. The molecule has 2 nitrogen and oxygen atoms in total. The Morgan fingerprint density at radius 2 is 1.62 bits per heavy atom. The van der Waals surface area contributed by atoms with Crippen molar-refractivity contribution in [1.82, 2.24) is 0 Å². The third-order valence-corrected chi connectivity index (χ3v) is 3.46. The summed E-state index contributed by atoms with van der Waals surface area (Å²) < 4.78 is 5.57. The Balaban J connectivity index is 3.29. The van der Waals surface area contributed by atoms with Crippen molar-refractivity contribution in [3.05, 3.63) is 33.9 Å². The molecule has 1 atom stereocenters. The van der Waals surface area contributed by atoms with Crippen LogP contribution in [0.5, 0.6) is 0 Å². The normalized spacial score (nSPS) is 12.9. The molecule has 0 saturated heterocycles. The number of hydrogen-bond donors (Lipinski definition) is 1. The van der Waals surface area contributed by atoms with Crippen LogP contribution in [-0.4, -0.2) is 13.7 Å². The van der Waals surface area contributed by atoms with Crippen LogP contribution in [-0.2, 0) is 4.74 Å². The van der Waals surface area contributed by atoms with Gasteiger partial charge in [0.2, 0.25) is 0 Å². The van der Waals surface area contributed by atoms with Gasteiger partial charge in [-0.1, -0.05) is 6.07 Å². The lowest BCUT2D eigenvalue weighted by Gasteiger charge is -2.22. The molecule has 1 aromatic rings. The maximum atomic E-state index is 5.64. The molecule has 0 saturated carbocycles. The molecule has 1 unspecified atom stereocenters. The smallest absolute Gasteiger partial charge is 0.0838 e. The predicted molar refractivity (Wildman–Crippen MR) is 68.8 cm³/mol. The third kappa shape index (κ3) is 2.45. The first-order valence-electron chi connectivity index (χ1n) is 5.83. The number of rotatable bonds is 4. The van der Waals surface area contributed by atoms with Gasteiger partial charge >= 0.3 is 0 Å². The summed E-state index contributed by atoms with van der Waals surface area (Å²) in [6.07, 6.45) is 1.00. The number of nitrogens with two attached hydrogens (primary N) is 1. The molecule has 0 heterocycles. The second-order valence-electron chi connectivity index (χ2n) is 4.48. The van der Waals surface area contributed by atoms with Crippen LogP contribution in [0.25, 0.3) is 0 Å². The van der Waals surface area contributed by atoms with Crippen molar-refractivity contribution in [2.24, 2.45) is 5.73 Å². The number of methoxy groups -OCH3 is 1. The zero-order valence-corrected chi connectivity index (χ0v) is 11.1. The molecule has 1 aromatic carbocycles. The Morgan fingerprint density at radius 3 is 2.00 bits per heavy atom. The van der Waals surface area contributed by atoms with E-state index in [-0.39, 0.29) is 6.10 Å². The lowest BCUT2D eigenvalue weighted by Crippen LogP contribution is -2.13. The Kier molecular flexibility index (Phi) is 4.51. The summed E-state index contributed by atoms with van der Waals surface area (Å²) in [5.41, 5.74) is 12.3. The van der Waals surface area contributed by atoms with Gasteiger partial charge in [-0.2, -0.15) is 0 Å². The van der Waals surface area contributed by atoms with Crippen LogP contribution >= 0.6 is 0 Å². The minimum atomic E-state index is 0.128. The molecule has 0 aliphatic rings. The van der Waals surface area contributed by atoms with Gasteiger partial charge in [0, 0.05) is 7.11 Å². The molecule has 0 amide bonds. The van der Waals surface area contributed by atoms with Gasteiger partial charge in [0.05, 0.1) is 6.10 Å². The van der Waals surface area contributed by atoms with Gasteiger partial charge < -0.3 is 10.5 Å². The second-order valence-corrected chi connectivity index (χ2v) is 4.48. The largest absolute Gasteiger partial charge is 0.377 e. The summed E-state index contributed by atoms with van der Waals surface area (Å²) in [6, 6.07) is 2.24. The fourth-order valence-corrected chi connectivity index (χ4v) is 2.26. The molecule has 0 aliphatic heterocycles. The molecule has 0 aliphatic carbocycles. The van der Waals surface area contributed by atoms with Crippen LogP contribution in [0.3, 0.4) is 0 Å². The first kappa shape index (κ1) is 13.2. The lowest BCUT2D eigenvalue weighted by atomic mass is 9.90. The molecule has 90 valence electrons. The van der Waals surface area contributed by atoms with Crippen molar-refractivity contribution in [2.75, 3.05) is 13.7 Å². The fraction of sp³-hybridized carbons (Fsp3) is 0.571. The first-order chi connectivity index (χ1) is 7.52. The van der Waals surface area contributed by atoms with Crippen molar-refractivity contribution in [2.45, 2.75) is 40.2 Å². The molecule has 2 N–H and O–H groups in total. The van der Waals surface area contributed by atoms with E-state index in [1.165, 1.54) is 27.8 Å². The van der Waals surface area contributed by atoms with Crippen LogP contribution in [0.4, 0.5) is 0 Å².